The van der Waals surface area contributed by atoms with Gasteiger partial charge in [-0.15, -0.1) is 12.8 Å². The predicted octanol–water partition coefficient (Wildman–Crippen LogP) is 1.19. The van der Waals surface area contributed by atoms with Crippen LogP contribution in [0.15, 0.2) is 18.2 Å². The fourth-order valence-electron chi connectivity index (χ4n) is 2.19. The lowest BCUT2D eigenvalue weighted by molar-refractivity contribution is 0.281. The molecule has 1 N–H and O–H groups in total. The Bertz CT molecular complexity index is 2900. The lowest BCUT2D eigenvalue weighted by atomic mass is 10.2. The van der Waals surface area contributed by atoms with Crippen molar-refractivity contribution in [1.82, 2.24) is 0 Å². The Hall–Kier alpha value is -10.9. The van der Waals surface area contributed by atoms with E-state index < -0.39 is 0 Å². The Morgan fingerprint density at radius 2 is 0.519 bits per heavy atom. The highest BCUT2D eigenvalue weighted by Gasteiger charge is 2.02. The maximum atomic E-state index is 9.53. The molecule has 0 saturated carbocycles. The van der Waals surface area contributed by atoms with Crippen molar-refractivity contribution in [3.63, 3.8) is 0 Å². The molecule has 1 rings (SSSR count). The lowest BCUT2D eigenvalue weighted by Gasteiger charge is -2.04. The molecule has 0 fully saturated rings. The summed E-state index contributed by atoms with van der Waals surface area (Å²) in [5.41, 5.74) is 0.500. The zero-order chi connectivity index (χ0) is 38.7. The van der Waals surface area contributed by atoms with Crippen LogP contribution in [-0.4, -0.2) is 5.11 Å². The van der Waals surface area contributed by atoms with Crippen molar-refractivity contribution >= 4 is 0 Å². The van der Waals surface area contributed by atoms with Crippen LogP contribution in [0.25, 0.3) is 0 Å². The average Bonchev–Trinajstić information content (AvgIpc) is 3.19. The molecule has 1 aromatic rings. The van der Waals surface area contributed by atoms with E-state index in [9.17, 15) is 5.11 Å². The highest BCUT2D eigenvalue weighted by Crippen LogP contribution is 2.22. The van der Waals surface area contributed by atoms with E-state index >= 15 is 0 Å². The third kappa shape index (κ3) is 27.4. The molecule has 0 heterocycles. The Morgan fingerprint density at radius 1 is 0.315 bits per heavy atom. The van der Waals surface area contributed by atoms with E-state index in [1.54, 1.807) is 12.1 Å². The number of hydrogen-bond donors (Lipinski definition) is 1. The zero-order valence-corrected chi connectivity index (χ0v) is 27.4. The van der Waals surface area contributed by atoms with E-state index in [1.165, 1.54) is 6.07 Å². The van der Waals surface area contributed by atoms with Crippen LogP contribution in [0.4, 0.5) is 0 Å². The van der Waals surface area contributed by atoms with Crippen molar-refractivity contribution in [3.05, 3.63) is 23.8 Å². The zero-order valence-electron chi connectivity index (χ0n) is 27.4. The predicted molar refractivity (Wildman–Crippen MR) is 207 cm³/mol. The van der Waals surface area contributed by atoms with Gasteiger partial charge in [0.25, 0.3) is 0 Å². The van der Waals surface area contributed by atoms with Gasteiger partial charge in [-0.1, -0.05) is 0 Å². The van der Waals surface area contributed by atoms with Crippen LogP contribution in [0.5, 0.6) is 11.5 Å². The number of aliphatic hydroxyl groups excluding tert-OH is 1. The van der Waals surface area contributed by atoms with Gasteiger partial charge < -0.3 is 14.6 Å². The molecule has 0 radical (unpaired) electrons. The second-order valence-electron chi connectivity index (χ2n) is 7.42. The molecule has 0 atom stereocenters. The maximum Gasteiger partial charge on any atom is 0.144 e. The highest BCUT2D eigenvalue weighted by atomic mass is 16.5. The molecule has 230 valence electrons. The summed E-state index contributed by atoms with van der Waals surface area (Å²) in [6.45, 7) is -0.273. The Morgan fingerprint density at radius 3 is 0.722 bits per heavy atom. The molecule has 0 aliphatic heterocycles. The van der Waals surface area contributed by atoms with Crippen molar-refractivity contribution in [2.45, 2.75) is 6.61 Å². The molecule has 0 saturated heterocycles. The number of aliphatic hydroxyl groups is 1. The fraction of sp³-hybridized carbons (Fsp3) is 0.0196. The molecule has 3 nitrogen and oxygen atoms in total. The number of rotatable bonds is 3. The Kier molecular flexibility index (Phi) is 25.5. The molecule has 54 heavy (non-hydrogen) atoms. The molecule has 0 aliphatic rings. The number of ether oxygens (including phenoxy) is 2. The number of benzene rings is 1. The second-order valence-corrected chi connectivity index (χ2v) is 7.42. The van der Waals surface area contributed by atoms with E-state index in [2.05, 4.69) is 249 Å². The first-order valence-electron chi connectivity index (χ1n) is 13.8. The Balaban J connectivity index is 2.61. The lowest BCUT2D eigenvalue weighted by Crippen LogP contribution is -1.91. The molecule has 0 aromatic heterocycles. The van der Waals surface area contributed by atoms with Crippen LogP contribution in [0.2, 0.25) is 0 Å². The fourth-order valence-corrected chi connectivity index (χ4v) is 2.19. The van der Waals surface area contributed by atoms with Crippen LogP contribution in [0, 0.1) is 262 Å². The molecule has 0 bridgehead atoms. The largest absolute Gasteiger partial charge is 0.407 e. The summed E-state index contributed by atoms with van der Waals surface area (Å²) >= 11 is 0. The van der Waals surface area contributed by atoms with Crippen molar-refractivity contribution in [2.24, 2.45) is 0 Å². The Labute approximate surface area is 317 Å². The first-order chi connectivity index (χ1) is 26.8. The maximum absolute atomic E-state index is 9.53. The van der Waals surface area contributed by atoms with E-state index in [-0.39, 0.29) is 6.61 Å². The van der Waals surface area contributed by atoms with Gasteiger partial charge in [0, 0.05) is 148 Å². The molecule has 3 heteroatoms. The SMILES string of the molecule is C#CC#CC#CC#CC#CC#CC#CC#CC#CC#CC#COc1cc(CO)cc(OC#CC#CC#CC#CC#CC#CC#CC#CC#CC#CC#C)c1. The van der Waals surface area contributed by atoms with Gasteiger partial charge in [-0.05, 0) is 112 Å². The number of terminal acetylenes is 2. The molecular formula is C51H8O3. The monoisotopic (exact) mass is 668 g/mol. The summed E-state index contributed by atoms with van der Waals surface area (Å²) < 4.78 is 10.7. The summed E-state index contributed by atoms with van der Waals surface area (Å²) in [4.78, 5) is 0. The smallest absolute Gasteiger partial charge is 0.144 e. The van der Waals surface area contributed by atoms with Crippen LogP contribution in [0.3, 0.4) is 0 Å². The van der Waals surface area contributed by atoms with Gasteiger partial charge in [0.1, 0.15) is 23.7 Å². The molecule has 0 unspecified atom stereocenters. The van der Waals surface area contributed by atoms with Crippen molar-refractivity contribution in [3.8, 4) is 273 Å². The van der Waals surface area contributed by atoms with Crippen LogP contribution < -0.4 is 9.47 Å². The van der Waals surface area contributed by atoms with Crippen LogP contribution in [-0.2, 0) is 6.61 Å². The minimum absolute atomic E-state index is 0.273. The van der Waals surface area contributed by atoms with Gasteiger partial charge in [0.2, 0.25) is 0 Å². The molecule has 0 spiro atoms. The molecule has 0 aliphatic carbocycles. The van der Waals surface area contributed by atoms with E-state index in [0.717, 1.165) is 0 Å². The molecular weight excluding hydrogens is 661 g/mol. The van der Waals surface area contributed by atoms with E-state index in [4.69, 9.17) is 22.3 Å². The van der Waals surface area contributed by atoms with Crippen molar-refractivity contribution < 1.29 is 14.6 Å². The molecule has 0 amide bonds. The summed E-state index contributed by atoms with van der Waals surface area (Å²) in [6.07, 6.45) is 14.7. The summed E-state index contributed by atoms with van der Waals surface area (Å²) in [7, 11) is 0. The highest BCUT2D eigenvalue weighted by molar-refractivity contribution is 5.49. The van der Waals surface area contributed by atoms with Crippen molar-refractivity contribution in [2.75, 3.05) is 0 Å². The van der Waals surface area contributed by atoms with Gasteiger partial charge in [-0.2, -0.15) is 0 Å². The second kappa shape index (κ2) is 33.5. The minimum Gasteiger partial charge on any atom is -0.407 e. The van der Waals surface area contributed by atoms with Crippen molar-refractivity contribution in [1.29, 1.82) is 0 Å². The quantitative estimate of drug-likeness (QED) is 0.493. The first-order valence-corrected chi connectivity index (χ1v) is 13.8. The van der Waals surface area contributed by atoms with Gasteiger partial charge in [-0.25, -0.2) is 0 Å². The van der Waals surface area contributed by atoms with Gasteiger partial charge >= 0.3 is 0 Å². The average molecular weight is 669 g/mol. The standard InChI is InChI=1S/C51H8O3/c1-3-5-7-9-11-13-15-17-19-21-23-25-27-29-31-33-35-37-39-41-43-53-50-45-49(48-52)46-51(47-50)54-44-42-40-38-36-34-32-30-28-26-24-22-20-18-16-14-12-10-8-6-4-2/h1-2,45-47,52H,48H2. The van der Waals surface area contributed by atoms with E-state index in [0.29, 0.717) is 17.1 Å². The third-order valence-electron chi connectivity index (χ3n) is 3.96. The first kappa shape index (κ1) is 41.1. The van der Waals surface area contributed by atoms with Crippen LogP contribution in [0.1, 0.15) is 5.56 Å². The molecule has 1 aromatic carbocycles. The summed E-state index contributed by atoms with van der Waals surface area (Å²) in [5.74, 6) is 98.7. The normalized spacial score (nSPS) is 5.17. The van der Waals surface area contributed by atoms with Crippen LogP contribution >= 0.6 is 0 Å². The van der Waals surface area contributed by atoms with Gasteiger partial charge in [0.15, 0.2) is 0 Å². The van der Waals surface area contributed by atoms with Gasteiger partial charge in [0.05, 0.1) is 6.61 Å². The topological polar surface area (TPSA) is 38.7 Å². The third-order valence-corrected chi connectivity index (χ3v) is 3.96. The van der Waals surface area contributed by atoms with Gasteiger partial charge in [-0.3, -0.25) is 0 Å². The number of hydrogen-bond acceptors (Lipinski definition) is 3. The summed E-state index contributed by atoms with van der Waals surface area (Å²) in [6, 6.07) is 4.65. The van der Waals surface area contributed by atoms with E-state index in [1.807, 2.05) is 0 Å². The minimum atomic E-state index is -0.273. The summed E-state index contributed by atoms with van der Waals surface area (Å²) in [5, 5.41) is 9.53.